The van der Waals surface area contributed by atoms with Gasteiger partial charge in [-0.3, -0.25) is 4.79 Å². The molecule has 0 aliphatic rings. The van der Waals surface area contributed by atoms with Crippen LogP contribution in [0, 0.1) is 13.8 Å². The van der Waals surface area contributed by atoms with Gasteiger partial charge in [-0.05, 0) is 19.4 Å². The second-order valence-corrected chi connectivity index (χ2v) is 8.43. The lowest BCUT2D eigenvalue weighted by molar-refractivity contribution is -0.941. The fraction of sp³-hybridized carbons (Fsp3) is 0.217. The van der Waals surface area contributed by atoms with E-state index in [1.165, 1.54) is 16.0 Å². The molecule has 0 amide bonds. The van der Waals surface area contributed by atoms with Gasteiger partial charge < -0.3 is 9.88 Å². The Morgan fingerprint density at radius 1 is 0.893 bits per heavy atom. The fourth-order valence-corrected chi connectivity index (χ4v) is 4.63. The molecule has 2 heterocycles. The van der Waals surface area contributed by atoms with E-state index in [1.807, 2.05) is 26.0 Å². The summed E-state index contributed by atoms with van der Waals surface area (Å²) in [6, 6.07) is 20.9. The molecule has 0 unspecified atom stereocenters. The predicted molar refractivity (Wildman–Crippen MR) is 115 cm³/mol. The molecule has 4 rings (SSSR count). The Hall–Kier alpha value is -2.76. The van der Waals surface area contributed by atoms with Gasteiger partial charge in [-0.15, -0.1) is 11.3 Å². The van der Waals surface area contributed by atoms with E-state index in [2.05, 4.69) is 53.5 Å². The summed E-state index contributed by atoms with van der Waals surface area (Å²) in [5.41, 5.74) is 3.57. The molecule has 0 aliphatic carbocycles. The fourth-order valence-electron chi connectivity index (χ4n) is 3.58. The standard InChI is InChI=1S/C23H23N3OS/c1-16-17(2)28-23-21(16)22(27)24-20(25-23)15-26(13-18-9-5-3-6-10-18)14-19-11-7-4-8-12-19/h3-12H,13-15H2,1-2H3,(H,24,25,27)/p+1. The number of quaternary nitrogens is 1. The van der Waals surface area contributed by atoms with Crippen LogP contribution >= 0.6 is 11.3 Å². The lowest BCUT2D eigenvalue weighted by Gasteiger charge is -2.19. The summed E-state index contributed by atoms with van der Waals surface area (Å²) >= 11 is 1.60. The minimum absolute atomic E-state index is 0.0272. The number of H-pyrrole nitrogens is 1. The van der Waals surface area contributed by atoms with Crippen molar-refractivity contribution in [1.82, 2.24) is 9.97 Å². The Morgan fingerprint density at radius 2 is 1.46 bits per heavy atom. The Balaban J connectivity index is 1.64. The molecule has 0 spiro atoms. The average molecular weight is 391 g/mol. The molecule has 4 aromatic rings. The van der Waals surface area contributed by atoms with Crippen molar-refractivity contribution in [3.8, 4) is 0 Å². The summed E-state index contributed by atoms with van der Waals surface area (Å²) in [5.74, 6) is 0.751. The second kappa shape index (κ2) is 8.09. The number of aryl methyl sites for hydroxylation is 2. The molecule has 5 heteroatoms. The molecule has 0 saturated heterocycles. The van der Waals surface area contributed by atoms with Gasteiger partial charge in [-0.1, -0.05) is 60.7 Å². The van der Waals surface area contributed by atoms with Crippen molar-refractivity contribution in [2.24, 2.45) is 0 Å². The number of nitrogens with zero attached hydrogens (tertiary/aromatic N) is 1. The van der Waals surface area contributed by atoms with Gasteiger partial charge in [0.05, 0.1) is 5.39 Å². The van der Waals surface area contributed by atoms with Crippen LogP contribution in [-0.2, 0) is 19.6 Å². The maximum atomic E-state index is 12.6. The molecule has 2 aromatic heterocycles. The number of fused-ring (bicyclic) bond motifs is 1. The van der Waals surface area contributed by atoms with E-state index in [1.54, 1.807) is 11.3 Å². The number of rotatable bonds is 6. The van der Waals surface area contributed by atoms with Gasteiger partial charge in [0.15, 0.2) is 5.82 Å². The van der Waals surface area contributed by atoms with Gasteiger partial charge in [-0.25, -0.2) is 4.98 Å². The van der Waals surface area contributed by atoms with E-state index in [4.69, 9.17) is 4.98 Å². The number of hydrogen-bond acceptors (Lipinski definition) is 3. The summed E-state index contributed by atoms with van der Waals surface area (Å²) in [7, 11) is 0. The van der Waals surface area contributed by atoms with Crippen molar-refractivity contribution in [3.63, 3.8) is 0 Å². The normalized spacial score (nSPS) is 11.4. The predicted octanol–water partition coefficient (Wildman–Crippen LogP) is 3.39. The Kier molecular flexibility index (Phi) is 5.37. The third-order valence-electron chi connectivity index (χ3n) is 5.10. The second-order valence-electron chi connectivity index (χ2n) is 7.23. The number of thiophene rings is 1. The molecule has 0 saturated carbocycles. The third kappa shape index (κ3) is 4.06. The monoisotopic (exact) mass is 390 g/mol. The largest absolute Gasteiger partial charge is 0.321 e. The molecule has 0 bridgehead atoms. The first kappa shape index (κ1) is 18.6. The lowest BCUT2D eigenvalue weighted by atomic mass is 10.1. The van der Waals surface area contributed by atoms with Crippen molar-refractivity contribution in [2.45, 2.75) is 33.5 Å². The Morgan fingerprint density at radius 3 is 2.04 bits per heavy atom. The van der Waals surface area contributed by atoms with Crippen LogP contribution in [0.25, 0.3) is 10.2 Å². The van der Waals surface area contributed by atoms with Gasteiger partial charge in [0, 0.05) is 16.0 Å². The van der Waals surface area contributed by atoms with Crippen LogP contribution in [0.2, 0.25) is 0 Å². The van der Waals surface area contributed by atoms with Crippen LogP contribution in [0.4, 0.5) is 0 Å². The van der Waals surface area contributed by atoms with Gasteiger partial charge >= 0.3 is 0 Å². The highest BCUT2D eigenvalue weighted by molar-refractivity contribution is 7.18. The first-order valence-corrected chi connectivity index (χ1v) is 10.3. The molecular weight excluding hydrogens is 366 g/mol. The summed E-state index contributed by atoms with van der Waals surface area (Å²) in [6.45, 7) is 6.46. The molecule has 0 fully saturated rings. The lowest BCUT2D eigenvalue weighted by Crippen LogP contribution is -3.08. The van der Waals surface area contributed by atoms with Crippen molar-refractivity contribution in [3.05, 3.63) is 98.4 Å². The van der Waals surface area contributed by atoms with E-state index in [0.717, 1.165) is 39.6 Å². The smallest absolute Gasteiger partial charge is 0.260 e. The number of aromatic nitrogens is 2. The highest BCUT2D eigenvalue weighted by atomic mass is 32.1. The van der Waals surface area contributed by atoms with Crippen LogP contribution in [0.3, 0.4) is 0 Å². The van der Waals surface area contributed by atoms with E-state index in [-0.39, 0.29) is 5.56 Å². The first-order valence-electron chi connectivity index (χ1n) is 9.50. The van der Waals surface area contributed by atoms with Crippen molar-refractivity contribution in [2.75, 3.05) is 0 Å². The van der Waals surface area contributed by atoms with Crippen LogP contribution < -0.4 is 10.5 Å². The molecule has 0 radical (unpaired) electrons. The van der Waals surface area contributed by atoms with Crippen molar-refractivity contribution >= 4 is 21.6 Å². The topological polar surface area (TPSA) is 50.2 Å². The summed E-state index contributed by atoms with van der Waals surface area (Å²) < 4.78 is 0. The first-order chi connectivity index (χ1) is 13.6. The number of hydrogen-bond donors (Lipinski definition) is 2. The molecule has 28 heavy (non-hydrogen) atoms. The van der Waals surface area contributed by atoms with E-state index in [9.17, 15) is 4.79 Å². The number of benzene rings is 2. The summed E-state index contributed by atoms with van der Waals surface area (Å²) in [4.78, 5) is 23.8. The minimum Gasteiger partial charge on any atom is -0.321 e. The highest BCUT2D eigenvalue weighted by Gasteiger charge is 2.17. The molecule has 4 nitrogen and oxygen atoms in total. The zero-order valence-corrected chi connectivity index (χ0v) is 17.0. The third-order valence-corrected chi connectivity index (χ3v) is 6.20. The number of aromatic amines is 1. The molecule has 0 aliphatic heterocycles. The van der Waals surface area contributed by atoms with Crippen molar-refractivity contribution < 1.29 is 4.90 Å². The molecule has 2 N–H and O–H groups in total. The Labute approximate surface area is 168 Å². The van der Waals surface area contributed by atoms with Crippen LogP contribution in [-0.4, -0.2) is 9.97 Å². The highest BCUT2D eigenvalue weighted by Crippen LogP contribution is 2.25. The quantitative estimate of drug-likeness (QED) is 0.530. The molecule has 2 aromatic carbocycles. The van der Waals surface area contributed by atoms with Gasteiger partial charge in [0.25, 0.3) is 5.56 Å². The van der Waals surface area contributed by atoms with Crippen molar-refractivity contribution in [1.29, 1.82) is 0 Å². The zero-order chi connectivity index (χ0) is 19.5. The molecule has 0 atom stereocenters. The SMILES string of the molecule is Cc1sc2nc(C[NH+](Cc3ccccc3)Cc3ccccc3)[nH]c(=O)c2c1C. The van der Waals surface area contributed by atoms with Crippen LogP contribution in [0.1, 0.15) is 27.4 Å². The van der Waals surface area contributed by atoms with E-state index in [0.29, 0.717) is 6.54 Å². The Bertz CT molecular complexity index is 1090. The van der Waals surface area contributed by atoms with Crippen LogP contribution in [0.15, 0.2) is 65.5 Å². The average Bonchev–Trinajstić information content (AvgIpc) is 2.97. The van der Waals surface area contributed by atoms with E-state index >= 15 is 0 Å². The van der Waals surface area contributed by atoms with E-state index < -0.39 is 0 Å². The maximum absolute atomic E-state index is 12.6. The van der Waals surface area contributed by atoms with Gasteiger partial charge in [-0.2, -0.15) is 0 Å². The summed E-state index contributed by atoms with van der Waals surface area (Å²) in [6.07, 6.45) is 0. The number of nitrogens with one attached hydrogen (secondary N) is 2. The van der Waals surface area contributed by atoms with Gasteiger partial charge in [0.2, 0.25) is 0 Å². The molecule has 142 valence electrons. The zero-order valence-electron chi connectivity index (χ0n) is 16.2. The van der Waals surface area contributed by atoms with Crippen LogP contribution in [0.5, 0.6) is 0 Å². The maximum Gasteiger partial charge on any atom is 0.260 e. The van der Waals surface area contributed by atoms with Gasteiger partial charge in [0.1, 0.15) is 24.5 Å². The summed E-state index contributed by atoms with van der Waals surface area (Å²) in [5, 5.41) is 0.735. The molecular formula is C23H24N3OS+. The minimum atomic E-state index is -0.0272.